The molecule has 2 rings (SSSR count). The van der Waals surface area contributed by atoms with Crippen LogP contribution in [-0.2, 0) is 4.74 Å². The highest BCUT2D eigenvalue weighted by Gasteiger charge is 2.23. The van der Waals surface area contributed by atoms with Crippen LogP contribution < -0.4 is 4.90 Å². The number of ether oxygens (including phenoxy) is 1. The van der Waals surface area contributed by atoms with Gasteiger partial charge in [-0.1, -0.05) is 0 Å². The van der Waals surface area contributed by atoms with Crippen LogP contribution in [0.5, 0.6) is 0 Å². The first-order valence-electron chi connectivity index (χ1n) is 6.92. The zero-order valence-electron chi connectivity index (χ0n) is 12.2. The van der Waals surface area contributed by atoms with Crippen LogP contribution in [-0.4, -0.2) is 55.6 Å². The summed E-state index contributed by atoms with van der Waals surface area (Å²) in [4.78, 5) is 26.7. The number of piperazine rings is 1. The Morgan fingerprint density at radius 3 is 2.57 bits per heavy atom. The molecule has 1 aromatic carbocycles. The summed E-state index contributed by atoms with van der Waals surface area (Å²) in [6, 6.07) is 4.36. The minimum absolute atomic E-state index is 0.101. The number of anilines is 1. The van der Waals surface area contributed by atoms with Crippen molar-refractivity contribution in [3.05, 3.63) is 33.9 Å². The van der Waals surface area contributed by atoms with Crippen LogP contribution in [0.4, 0.5) is 11.4 Å². The van der Waals surface area contributed by atoms with Crippen LogP contribution in [0.2, 0.25) is 0 Å². The third-order valence-corrected chi connectivity index (χ3v) is 3.53. The van der Waals surface area contributed by atoms with Crippen molar-refractivity contribution in [2.24, 2.45) is 0 Å². The number of nitro benzene ring substituents is 1. The number of nitrogens with zero attached hydrogens (tertiary/aromatic N) is 3. The highest BCUT2D eigenvalue weighted by Crippen LogP contribution is 2.27. The Kier molecular flexibility index (Phi) is 4.74. The van der Waals surface area contributed by atoms with Crippen molar-refractivity contribution in [1.29, 1.82) is 0 Å². The van der Waals surface area contributed by atoms with E-state index in [2.05, 4.69) is 9.80 Å². The average molecular weight is 293 g/mol. The third-order valence-electron chi connectivity index (χ3n) is 3.53. The molecule has 0 N–H and O–H groups in total. The Bertz CT molecular complexity index is 539. The summed E-state index contributed by atoms with van der Waals surface area (Å²) in [5.41, 5.74) is 0.860. The van der Waals surface area contributed by atoms with E-state index in [9.17, 15) is 14.9 Å². The molecule has 7 heteroatoms. The van der Waals surface area contributed by atoms with Crippen molar-refractivity contribution < 1.29 is 14.5 Å². The minimum atomic E-state index is -0.518. The summed E-state index contributed by atoms with van der Waals surface area (Å²) in [5, 5.41) is 10.9. The Labute approximate surface area is 123 Å². The van der Waals surface area contributed by atoms with Gasteiger partial charge in [-0.15, -0.1) is 0 Å². The number of carbonyl (C=O) groups is 1. The van der Waals surface area contributed by atoms with Gasteiger partial charge in [0.05, 0.1) is 22.8 Å². The maximum absolute atomic E-state index is 12.1. The standard InChI is InChI=1S/C14H19N3O4/c1-3-21-14(18)12-10-11(17(19)20)4-5-13(12)16-8-6-15(2)7-9-16/h4-5,10H,3,6-9H2,1-2H3. The fourth-order valence-electron chi connectivity index (χ4n) is 2.33. The van der Waals surface area contributed by atoms with E-state index >= 15 is 0 Å². The van der Waals surface area contributed by atoms with Crippen molar-refractivity contribution in [2.45, 2.75) is 6.92 Å². The number of hydrogen-bond donors (Lipinski definition) is 0. The molecule has 0 unspecified atom stereocenters. The summed E-state index contributed by atoms with van der Waals surface area (Å²) >= 11 is 0. The van der Waals surface area contributed by atoms with Crippen molar-refractivity contribution in [2.75, 3.05) is 44.7 Å². The number of non-ortho nitro benzene ring substituents is 1. The fourth-order valence-corrected chi connectivity index (χ4v) is 2.33. The average Bonchev–Trinajstić information content (AvgIpc) is 2.47. The molecule has 0 amide bonds. The second kappa shape index (κ2) is 6.53. The van der Waals surface area contributed by atoms with E-state index in [4.69, 9.17) is 4.74 Å². The summed E-state index contributed by atoms with van der Waals surface area (Å²) in [6.07, 6.45) is 0. The van der Waals surface area contributed by atoms with Crippen LogP contribution in [0.25, 0.3) is 0 Å². The van der Waals surface area contributed by atoms with E-state index in [1.165, 1.54) is 12.1 Å². The van der Waals surface area contributed by atoms with Crippen LogP contribution in [0.1, 0.15) is 17.3 Å². The molecule has 21 heavy (non-hydrogen) atoms. The Morgan fingerprint density at radius 1 is 1.33 bits per heavy atom. The summed E-state index contributed by atoms with van der Waals surface area (Å²) < 4.78 is 5.02. The number of benzene rings is 1. The van der Waals surface area contributed by atoms with E-state index in [1.807, 2.05) is 7.05 Å². The molecule has 1 saturated heterocycles. The van der Waals surface area contributed by atoms with Crippen LogP contribution in [0.3, 0.4) is 0 Å². The molecule has 7 nitrogen and oxygen atoms in total. The van der Waals surface area contributed by atoms with E-state index in [1.54, 1.807) is 13.0 Å². The molecule has 0 atom stereocenters. The third kappa shape index (κ3) is 3.49. The molecule has 1 aliphatic heterocycles. The lowest BCUT2D eigenvalue weighted by Gasteiger charge is -2.34. The molecule has 1 aromatic rings. The van der Waals surface area contributed by atoms with Gasteiger partial charge in [0, 0.05) is 38.3 Å². The molecule has 0 radical (unpaired) electrons. The van der Waals surface area contributed by atoms with Gasteiger partial charge in [0.15, 0.2) is 0 Å². The van der Waals surface area contributed by atoms with Crippen LogP contribution >= 0.6 is 0 Å². The predicted octanol–water partition coefficient (Wildman–Crippen LogP) is 1.52. The largest absolute Gasteiger partial charge is 0.462 e. The second-order valence-corrected chi connectivity index (χ2v) is 4.97. The van der Waals surface area contributed by atoms with Gasteiger partial charge in [0.25, 0.3) is 5.69 Å². The highest BCUT2D eigenvalue weighted by molar-refractivity contribution is 5.96. The van der Waals surface area contributed by atoms with Crippen LogP contribution in [0, 0.1) is 10.1 Å². The zero-order chi connectivity index (χ0) is 15.4. The predicted molar refractivity (Wildman–Crippen MR) is 78.8 cm³/mol. The highest BCUT2D eigenvalue weighted by atomic mass is 16.6. The molecule has 1 heterocycles. The van der Waals surface area contributed by atoms with Gasteiger partial charge in [-0.25, -0.2) is 4.79 Å². The molecule has 1 aliphatic rings. The topological polar surface area (TPSA) is 75.9 Å². The minimum Gasteiger partial charge on any atom is -0.462 e. The van der Waals surface area contributed by atoms with Gasteiger partial charge >= 0.3 is 5.97 Å². The number of likely N-dealkylation sites (N-methyl/N-ethyl adjacent to an activating group) is 1. The Balaban J connectivity index is 2.34. The van der Waals surface area contributed by atoms with Gasteiger partial charge < -0.3 is 14.5 Å². The van der Waals surface area contributed by atoms with Crippen molar-refractivity contribution >= 4 is 17.3 Å². The first-order chi connectivity index (χ1) is 10.0. The number of hydrogen-bond acceptors (Lipinski definition) is 6. The quantitative estimate of drug-likeness (QED) is 0.476. The molecule has 0 bridgehead atoms. The fraction of sp³-hybridized carbons (Fsp3) is 0.500. The smallest absolute Gasteiger partial charge is 0.340 e. The van der Waals surface area contributed by atoms with Gasteiger partial charge in [-0.05, 0) is 20.0 Å². The first kappa shape index (κ1) is 15.2. The molecular formula is C14H19N3O4. The second-order valence-electron chi connectivity index (χ2n) is 4.97. The number of esters is 1. The number of carbonyl (C=O) groups excluding carboxylic acids is 1. The maximum atomic E-state index is 12.1. The molecule has 0 spiro atoms. The van der Waals surface area contributed by atoms with Crippen molar-refractivity contribution in [1.82, 2.24) is 4.90 Å². The molecule has 1 fully saturated rings. The molecule has 0 saturated carbocycles. The molecule has 0 aromatic heterocycles. The van der Waals surface area contributed by atoms with Gasteiger partial charge in [-0.3, -0.25) is 10.1 Å². The monoisotopic (exact) mass is 293 g/mol. The normalized spacial score (nSPS) is 15.8. The van der Waals surface area contributed by atoms with Gasteiger partial charge in [0.1, 0.15) is 0 Å². The van der Waals surface area contributed by atoms with Gasteiger partial charge in [-0.2, -0.15) is 0 Å². The zero-order valence-corrected chi connectivity index (χ0v) is 12.2. The SMILES string of the molecule is CCOC(=O)c1cc([N+](=O)[O-])ccc1N1CCN(C)CC1. The molecule has 0 aliphatic carbocycles. The maximum Gasteiger partial charge on any atom is 0.340 e. The lowest BCUT2D eigenvalue weighted by Crippen LogP contribution is -2.45. The lowest BCUT2D eigenvalue weighted by atomic mass is 10.1. The summed E-state index contributed by atoms with van der Waals surface area (Å²) in [7, 11) is 2.04. The Morgan fingerprint density at radius 2 is 2.00 bits per heavy atom. The van der Waals surface area contributed by atoms with Crippen molar-refractivity contribution in [3.8, 4) is 0 Å². The summed E-state index contributed by atoms with van der Waals surface area (Å²) in [6.45, 7) is 5.29. The van der Waals surface area contributed by atoms with Crippen molar-refractivity contribution in [3.63, 3.8) is 0 Å². The van der Waals surface area contributed by atoms with Crippen LogP contribution in [0.15, 0.2) is 18.2 Å². The Hall–Kier alpha value is -2.15. The summed E-state index contributed by atoms with van der Waals surface area (Å²) in [5.74, 6) is -0.518. The van der Waals surface area contributed by atoms with E-state index in [-0.39, 0.29) is 17.9 Å². The van der Waals surface area contributed by atoms with E-state index in [0.717, 1.165) is 26.2 Å². The van der Waals surface area contributed by atoms with Gasteiger partial charge in [0.2, 0.25) is 0 Å². The number of rotatable bonds is 4. The molecular weight excluding hydrogens is 274 g/mol. The first-order valence-corrected chi connectivity index (χ1v) is 6.92. The van der Waals surface area contributed by atoms with E-state index < -0.39 is 10.9 Å². The lowest BCUT2D eigenvalue weighted by molar-refractivity contribution is -0.384. The van der Waals surface area contributed by atoms with E-state index in [0.29, 0.717) is 5.69 Å². The molecule has 114 valence electrons. The number of nitro groups is 1.